The Balaban J connectivity index is 0.00000420. The molecule has 4 rings (SSSR count). The molecule has 39 heavy (non-hydrogen) atoms. The van der Waals surface area contributed by atoms with Gasteiger partial charge in [-0.3, -0.25) is 10.2 Å². The van der Waals surface area contributed by atoms with Crippen molar-refractivity contribution in [2.45, 2.75) is 26.3 Å². The van der Waals surface area contributed by atoms with Crippen LogP contribution >= 0.6 is 12.4 Å². The monoisotopic (exact) mass is 544 g/mol. The molecule has 0 bridgehead atoms. The first-order valence-corrected chi connectivity index (χ1v) is 12.6. The van der Waals surface area contributed by atoms with Gasteiger partial charge in [0.1, 0.15) is 5.84 Å². The quantitative estimate of drug-likeness (QED) is 0.193. The zero-order chi connectivity index (χ0) is 27.1. The number of halogens is 1. The number of nitrogen functional groups attached to an aromatic ring is 1. The number of carbonyl (C=O) groups excluding carboxylic acids is 2. The van der Waals surface area contributed by atoms with E-state index in [0.717, 1.165) is 53.9 Å². The molecule has 1 heterocycles. The van der Waals surface area contributed by atoms with Crippen molar-refractivity contribution in [1.29, 1.82) is 5.41 Å². The SMILES string of the molecule is COC(=O)c1cccc(CN(CC#Cc2ccc(C(=O)N3CCCC3)c(C)c2)c2cccc(C(=N)N)c2)c1.Cl. The molecule has 3 aromatic carbocycles. The summed E-state index contributed by atoms with van der Waals surface area (Å²) in [6, 6.07) is 20.5. The van der Waals surface area contributed by atoms with Crippen molar-refractivity contribution >= 4 is 35.8 Å². The number of esters is 1. The number of nitrogens with two attached hydrogens (primary N) is 1. The lowest BCUT2D eigenvalue weighted by molar-refractivity contribution is 0.0600. The minimum absolute atomic E-state index is 0. The van der Waals surface area contributed by atoms with Gasteiger partial charge in [-0.15, -0.1) is 12.4 Å². The number of hydrogen-bond donors (Lipinski definition) is 2. The van der Waals surface area contributed by atoms with Gasteiger partial charge in [0, 0.05) is 42.0 Å². The number of benzene rings is 3. The Morgan fingerprint density at radius 3 is 2.44 bits per heavy atom. The number of amides is 1. The van der Waals surface area contributed by atoms with E-state index in [9.17, 15) is 9.59 Å². The molecule has 0 radical (unpaired) electrons. The maximum Gasteiger partial charge on any atom is 0.337 e. The minimum atomic E-state index is -0.390. The number of nitrogens with one attached hydrogen (secondary N) is 1. The van der Waals surface area contributed by atoms with Crippen LogP contribution in [0, 0.1) is 24.2 Å². The van der Waals surface area contributed by atoms with Crippen LogP contribution in [0.1, 0.15) is 55.8 Å². The van der Waals surface area contributed by atoms with Crippen molar-refractivity contribution in [1.82, 2.24) is 4.90 Å². The molecule has 0 atom stereocenters. The lowest BCUT2D eigenvalue weighted by atomic mass is 10.0. The summed E-state index contributed by atoms with van der Waals surface area (Å²) in [6.07, 6.45) is 2.13. The van der Waals surface area contributed by atoms with Crippen LogP contribution in [-0.2, 0) is 11.3 Å². The molecule has 3 N–H and O–H groups in total. The van der Waals surface area contributed by atoms with Gasteiger partial charge in [-0.1, -0.05) is 36.1 Å². The van der Waals surface area contributed by atoms with E-state index in [-0.39, 0.29) is 24.1 Å². The third kappa shape index (κ3) is 7.40. The molecular weight excluding hydrogens is 512 g/mol. The van der Waals surface area contributed by atoms with Crippen LogP contribution in [0.15, 0.2) is 66.7 Å². The first-order valence-electron chi connectivity index (χ1n) is 12.6. The zero-order valence-corrected chi connectivity index (χ0v) is 23.0. The van der Waals surface area contributed by atoms with E-state index in [4.69, 9.17) is 15.9 Å². The number of nitrogens with zero attached hydrogens (tertiary/aromatic N) is 2. The van der Waals surface area contributed by atoms with Crippen LogP contribution in [0.4, 0.5) is 5.69 Å². The average molecular weight is 545 g/mol. The van der Waals surface area contributed by atoms with Crippen molar-refractivity contribution in [3.05, 3.63) is 100 Å². The van der Waals surface area contributed by atoms with Crippen LogP contribution < -0.4 is 10.6 Å². The number of rotatable bonds is 7. The van der Waals surface area contributed by atoms with Crippen molar-refractivity contribution in [2.24, 2.45) is 5.73 Å². The summed E-state index contributed by atoms with van der Waals surface area (Å²) in [5, 5.41) is 7.82. The number of hydrogen-bond acceptors (Lipinski definition) is 5. The van der Waals surface area contributed by atoms with Crippen molar-refractivity contribution in [3.8, 4) is 11.8 Å². The maximum absolute atomic E-state index is 12.8. The Morgan fingerprint density at radius 1 is 1.03 bits per heavy atom. The summed E-state index contributed by atoms with van der Waals surface area (Å²) >= 11 is 0. The van der Waals surface area contributed by atoms with Crippen LogP contribution in [0.2, 0.25) is 0 Å². The molecule has 1 saturated heterocycles. The first kappa shape index (κ1) is 29.3. The van der Waals surface area contributed by atoms with Gasteiger partial charge in [0.25, 0.3) is 5.91 Å². The summed E-state index contributed by atoms with van der Waals surface area (Å²) in [5.41, 5.74) is 11.1. The Labute approximate surface area is 235 Å². The fraction of sp³-hybridized carbons (Fsp3) is 0.258. The molecule has 1 fully saturated rings. The van der Waals surface area contributed by atoms with Gasteiger partial charge in [0.05, 0.1) is 19.2 Å². The Bertz CT molecular complexity index is 1420. The molecule has 202 valence electrons. The summed E-state index contributed by atoms with van der Waals surface area (Å²) in [4.78, 5) is 28.8. The molecule has 8 heteroatoms. The van der Waals surface area contributed by atoms with E-state index in [0.29, 0.717) is 24.2 Å². The molecule has 1 amide bonds. The Morgan fingerprint density at radius 2 is 1.74 bits per heavy atom. The number of ether oxygens (including phenoxy) is 1. The normalized spacial score (nSPS) is 12.1. The van der Waals surface area contributed by atoms with E-state index < -0.39 is 5.97 Å². The highest BCUT2D eigenvalue weighted by atomic mass is 35.5. The second kappa shape index (κ2) is 13.5. The third-order valence-corrected chi connectivity index (χ3v) is 6.60. The van der Waals surface area contributed by atoms with Gasteiger partial charge < -0.3 is 20.3 Å². The summed E-state index contributed by atoms with van der Waals surface area (Å²) in [5.74, 6) is 6.17. The van der Waals surface area contributed by atoms with Gasteiger partial charge in [-0.2, -0.15) is 0 Å². The standard InChI is InChI=1S/C31H32N4O3.ClH/c1-22-18-23(13-14-28(22)30(36)34-15-3-4-16-34)9-7-17-35(27-12-6-10-25(20-27)29(32)33)21-24-8-5-11-26(19-24)31(37)38-2;/h5-6,8,10-14,18-20H,3-4,15-17,21H2,1-2H3,(H3,32,33);1H. The van der Waals surface area contributed by atoms with Crippen LogP contribution in [0.3, 0.4) is 0 Å². The number of methoxy groups -OCH3 is 1. The largest absolute Gasteiger partial charge is 0.465 e. The van der Waals surface area contributed by atoms with Crippen LogP contribution in [0.5, 0.6) is 0 Å². The zero-order valence-electron chi connectivity index (χ0n) is 22.2. The first-order chi connectivity index (χ1) is 18.4. The molecule has 0 spiro atoms. The molecular formula is C31H33ClN4O3. The fourth-order valence-corrected chi connectivity index (χ4v) is 4.55. The number of likely N-dealkylation sites (tertiary alicyclic amines) is 1. The number of carbonyl (C=O) groups is 2. The van der Waals surface area contributed by atoms with Crippen molar-refractivity contribution < 1.29 is 14.3 Å². The number of amidine groups is 1. The van der Waals surface area contributed by atoms with E-state index in [2.05, 4.69) is 16.7 Å². The van der Waals surface area contributed by atoms with Crippen LogP contribution in [0.25, 0.3) is 0 Å². The summed E-state index contributed by atoms with van der Waals surface area (Å²) < 4.78 is 4.86. The topological polar surface area (TPSA) is 99.7 Å². The van der Waals surface area contributed by atoms with E-state index in [1.165, 1.54) is 7.11 Å². The van der Waals surface area contributed by atoms with Crippen molar-refractivity contribution in [3.63, 3.8) is 0 Å². The highest BCUT2D eigenvalue weighted by Gasteiger charge is 2.20. The molecule has 3 aromatic rings. The minimum Gasteiger partial charge on any atom is -0.465 e. The lowest BCUT2D eigenvalue weighted by Gasteiger charge is -2.23. The lowest BCUT2D eigenvalue weighted by Crippen LogP contribution is -2.28. The van der Waals surface area contributed by atoms with E-state index >= 15 is 0 Å². The van der Waals surface area contributed by atoms with Gasteiger partial charge in [-0.05, 0) is 73.4 Å². The molecule has 0 aromatic heterocycles. The Hall–Kier alpha value is -4.28. The maximum atomic E-state index is 12.8. The van der Waals surface area contributed by atoms with Crippen molar-refractivity contribution in [2.75, 3.05) is 31.6 Å². The second-order valence-corrected chi connectivity index (χ2v) is 9.34. The highest BCUT2D eigenvalue weighted by Crippen LogP contribution is 2.20. The predicted molar refractivity (Wildman–Crippen MR) is 157 cm³/mol. The summed E-state index contributed by atoms with van der Waals surface area (Å²) in [6.45, 7) is 4.48. The van der Waals surface area contributed by atoms with Gasteiger partial charge >= 0.3 is 5.97 Å². The number of aryl methyl sites for hydroxylation is 1. The van der Waals surface area contributed by atoms with Gasteiger partial charge in [-0.25, -0.2) is 4.79 Å². The van der Waals surface area contributed by atoms with Gasteiger partial charge in [0.2, 0.25) is 0 Å². The molecule has 7 nitrogen and oxygen atoms in total. The molecule has 0 aliphatic carbocycles. The molecule has 0 saturated carbocycles. The average Bonchev–Trinajstić information content (AvgIpc) is 3.47. The molecule has 1 aliphatic rings. The summed E-state index contributed by atoms with van der Waals surface area (Å²) in [7, 11) is 1.36. The fourth-order valence-electron chi connectivity index (χ4n) is 4.55. The van der Waals surface area contributed by atoms with E-state index in [1.807, 2.05) is 60.4 Å². The predicted octanol–water partition coefficient (Wildman–Crippen LogP) is 4.78. The smallest absolute Gasteiger partial charge is 0.337 e. The van der Waals surface area contributed by atoms with Crippen LogP contribution in [-0.4, -0.2) is 49.4 Å². The van der Waals surface area contributed by atoms with Gasteiger partial charge in [0.15, 0.2) is 0 Å². The third-order valence-electron chi connectivity index (χ3n) is 6.60. The number of anilines is 1. The van der Waals surface area contributed by atoms with E-state index in [1.54, 1.807) is 18.2 Å². The molecule has 0 unspecified atom stereocenters. The molecule has 1 aliphatic heterocycles. The highest BCUT2D eigenvalue weighted by molar-refractivity contribution is 5.96. The second-order valence-electron chi connectivity index (χ2n) is 9.34. The Kier molecular flexibility index (Phi) is 10.1.